The summed E-state index contributed by atoms with van der Waals surface area (Å²) < 4.78 is 6.11. The van der Waals surface area contributed by atoms with Gasteiger partial charge in [-0.2, -0.15) is 0 Å². The number of Topliss-reactive ketones (excluding diaryl/α,β-unsaturated/α-hetero) is 1. The Morgan fingerprint density at radius 3 is 2.39 bits per heavy atom. The maximum Gasteiger partial charge on any atom is 0.434 e. The van der Waals surface area contributed by atoms with Gasteiger partial charge < -0.3 is 4.74 Å². The first-order valence-electron chi connectivity index (χ1n) is 8.69. The van der Waals surface area contributed by atoms with Crippen molar-refractivity contribution in [2.75, 3.05) is 6.61 Å². The molecule has 1 N–H and O–H groups in total. The van der Waals surface area contributed by atoms with Gasteiger partial charge in [-0.3, -0.25) is 4.79 Å². The van der Waals surface area contributed by atoms with E-state index in [1.165, 1.54) is 6.21 Å². The highest BCUT2D eigenvalue weighted by Gasteiger charge is 2.31. The second-order valence-electron chi connectivity index (χ2n) is 5.82. The van der Waals surface area contributed by atoms with Gasteiger partial charge in [-0.1, -0.05) is 71.0 Å². The number of nitrogens with one attached hydrogen (secondary N) is 1. The van der Waals surface area contributed by atoms with Gasteiger partial charge in [0.05, 0.1) is 12.8 Å². The largest absolute Gasteiger partial charge is 0.459 e. The van der Waals surface area contributed by atoms with Crippen molar-refractivity contribution in [2.24, 2.45) is 5.10 Å². The van der Waals surface area contributed by atoms with E-state index in [0.717, 1.165) is 15.0 Å². The summed E-state index contributed by atoms with van der Waals surface area (Å²) in [6, 6.07) is 17.8. The van der Waals surface area contributed by atoms with Crippen LogP contribution in [0.4, 0.5) is 0 Å². The highest BCUT2D eigenvalue weighted by atomic mass is 16.5. The number of hydrogen-bond donors (Lipinski definition) is 1. The SMILES string of the molecule is CCOC(=O)c1c(=O)n(/N=C\c2ccccc2)[nH][n+]1CC(=O)c1ccccc1. The van der Waals surface area contributed by atoms with Gasteiger partial charge in [0.1, 0.15) is 0 Å². The molecule has 0 amide bonds. The van der Waals surface area contributed by atoms with E-state index in [9.17, 15) is 14.4 Å². The molecule has 1 aromatic heterocycles. The van der Waals surface area contributed by atoms with Crippen LogP contribution in [0.3, 0.4) is 0 Å². The Balaban J connectivity index is 1.95. The van der Waals surface area contributed by atoms with E-state index in [1.807, 2.05) is 30.3 Å². The number of carbonyl (C=O) groups excluding carboxylic acids is 2. The van der Waals surface area contributed by atoms with Crippen LogP contribution >= 0.6 is 0 Å². The molecule has 0 aliphatic heterocycles. The van der Waals surface area contributed by atoms with E-state index < -0.39 is 11.5 Å². The maximum atomic E-state index is 12.6. The lowest BCUT2D eigenvalue weighted by Crippen LogP contribution is -2.46. The standard InChI is InChI=1S/C20H18N4O4/c1-2-28-20(27)18-19(26)24(21-13-15-9-5-3-6-10-15)22-23(18)14-17(25)16-11-7-4-8-12-16/h3-13H,2,14H2,1H3/p+1/b21-13-. The Morgan fingerprint density at radius 1 is 1.11 bits per heavy atom. The third kappa shape index (κ3) is 4.29. The predicted molar refractivity (Wildman–Crippen MR) is 101 cm³/mol. The van der Waals surface area contributed by atoms with Crippen molar-refractivity contribution in [3.05, 3.63) is 87.8 Å². The monoisotopic (exact) mass is 379 g/mol. The number of rotatable bonds is 7. The molecule has 0 aliphatic rings. The molecule has 2 aromatic carbocycles. The third-order valence-electron chi connectivity index (χ3n) is 3.87. The summed E-state index contributed by atoms with van der Waals surface area (Å²) >= 11 is 0. The topological polar surface area (TPSA) is 97.4 Å². The van der Waals surface area contributed by atoms with Crippen LogP contribution < -0.4 is 10.2 Å². The van der Waals surface area contributed by atoms with Crippen molar-refractivity contribution >= 4 is 18.0 Å². The molecule has 0 bridgehead atoms. The summed E-state index contributed by atoms with van der Waals surface area (Å²) in [6.45, 7) is 1.50. The van der Waals surface area contributed by atoms with Gasteiger partial charge >= 0.3 is 17.2 Å². The molecule has 0 saturated heterocycles. The molecular formula is C20H19N4O4+. The number of H-pyrrole nitrogens is 1. The molecule has 8 heteroatoms. The summed E-state index contributed by atoms with van der Waals surface area (Å²) in [5.74, 6) is -1.09. The number of carbonyl (C=O) groups is 2. The molecule has 0 aliphatic carbocycles. The molecule has 3 aromatic rings. The molecule has 0 saturated carbocycles. The molecule has 142 valence electrons. The summed E-state index contributed by atoms with van der Waals surface area (Å²) in [7, 11) is 0. The van der Waals surface area contributed by atoms with Crippen LogP contribution in [0.2, 0.25) is 0 Å². The summed E-state index contributed by atoms with van der Waals surface area (Å²) in [5, 5.41) is 6.73. The first kappa shape index (κ1) is 19.0. The fraction of sp³-hybridized carbons (Fsp3) is 0.150. The Hall–Kier alpha value is -3.81. The van der Waals surface area contributed by atoms with Crippen molar-refractivity contribution < 1.29 is 19.0 Å². The molecule has 0 atom stereocenters. The fourth-order valence-electron chi connectivity index (χ4n) is 2.54. The van der Waals surface area contributed by atoms with Crippen molar-refractivity contribution in [1.29, 1.82) is 0 Å². The average molecular weight is 379 g/mol. The predicted octanol–water partition coefficient (Wildman–Crippen LogP) is 1.41. The second kappa shape index (κ2) is 8.72. The molecule has 1 heterocycles. The highest BCUT2D eigenvalue weighted by molar-refractivity contribution is 5.95. The van der Waals surface area contributed by atoms with E-state index >= 15 is 0 Å². The summed E-state index contributed by atoms with van der Waals surface area (Å²) in [6.07, 6.45) is 1.47. The normalized spacial score (nSPS) is 10.9. The number of ether oxygens (including phenoxy) is 1. The van der Waals surface area contributed by atoms with Gasteiger partial charge in [0.2, 0.25) is 5.78 Å². The molecule has 28 heavy (non-hydrogen) atoms. The first-order valence-corrected chi connectivity index (χ1v) is 8.69. The molecule has 3 rings (SSSR count). The van der Waals surface area contributed by atoms with E-state index in [4.69, 9.17) is 4.74 Å². The number of esters is 1. The van der Waals surface area contributed by atoms with E-state index in [0.29, 0.717) is 5.56 Å². The molecule has 0 spiro atoms. The molecule has 0 unspecified atom stereocenters. The van der Waals surface area contributed by atoms with Crippen molar-refractivity contribution in [2.45, 2.75) is 13.5 Å². The second-order valence-corrected chi connectivity index (χ2v) is 5.82. The number of aromatic nitrogens is 3. The van der Waals surface area contributed by atoms with Crippen LogP contribution in [0.25, 0.3) is 0 Å². The zero-order valence-electron chi connectivity index (χ0n) is 15.2. The van der Waals surface area contributed by atoms with E-state index in [-0.39, 0.29) is 24.6 Å². The first-order chi connectivity index (χ1) is 13.6. The van der Waals surface area contributed by atoms with Gasteiger partial charge in [0.25, 0.3) is 0 Å². The zero-order valence-corrected chi connectivity index (χ0v) is 15.2. The van der Waals surface area contributed by atoms with Crippen LogP contribution in [0.15, 0.2) is 70.6 Å². The number of hydrogen-bond acceptors (Lipinski definition) is 5. The number of benzene rings is 2. The minimum atomic E-state index is -0.821. The van der Waals surface area contributed by atoms with Crippen LogP contribution in [0, 0.1) is 0 Å². The van der Waals surface area contributed by atoms with E-state index in [1.54, 1.807) is 37.3 Å². The zero-order chi connectivity index (χ0) is 19.9. The number of aromatic amines is 1. The minimum Gasteiger partial charge on any atom is -0.459 e. The van der Waals surface area contributed by atoms with Gasteiger partial charge in [0, 0.05) is 10.4 Å². The van der Waals surface area contributed by atoms with Crippen LogP contribution in [-0.2, 0) is 11.3 Å². The Bertz CT molecular complexity index is 1050. The van der Waals surface area contributed by atoms with E-state index in [2.05, 4.69) is 10.3 Å². The van der Waals surface area contributed by atoms with Crippen molar-refractivity contribution in [1.82, 2.24) is 10.0 Å². The molecule has 8 nitrogen and oxygen atoms in total. The quantitative estimate of drug-likeness (QED) is 0.290. The Morgan fingerprint density at radius 2 is 1.75 bits per heavy atom. The molecule has 0 fully saturated rings. The van der Waals surface area contributed by atoms with Crippen molar-refractivity contribution in [3.8, 4) is 0 Å². The van der Waals surface area contributed by atoms with Gasteiger partial charge in [-0.25, -0.2) is 9.59 Å². The third-order valence-corrected chi connectivity index (χ3v) is 3.87. The highest BCUT2D eigenvalue weighted by Crippen LogP contribution is 2.00. The van der Waals surface area contributed by atoms with Crippen LogP contribution in [0.1, 0.15) is 33.3 Å². The summed E-state index contributed by atoms with van der Waals surface area (Å²) in [5.41, 5.74) is 0.239. The average Bonchev–Trinajstić information content (AvgIpc) is 3.03. The van der Waals surface area contributed by atoms with Crippen molar-refractivity contribution in [3.63, 3.8) is 0 Å². The lowest BCUT2D eigenvalue weighted by atomic mass is 10.1. The lowest BCUT2D eigenvalue weighted by Gasteiger charge is -2.00. The van der Waals surface area contributed by atoms with Gasteiger partial charge in [-0.15, -0.1) is 4.68 Å². The summed E-state index contributed by atoms with van der Waals surface area (Å²) in [4.78, 5) is 38.3. The maximum absolute atomic E-state index is 12.6. The minimum absolute atomic E-state index is 0.101. The molecule has 0 radical (unpaired) electrons. The Labute approximate surface area is 160 Å². The van der Waals surface area contributed by atoms with Gasteiger partial charge in [0.15, 0.2) is 6.54 Å². The smallest absolute Gasteiger partial charge is 0.434 e. The Kier molecular flexibility index (Phi) is 5.91. The fourth-order valence-corrected chi connectivity index (χ4v) is 2.54. The van der Waals surface area contributed by atoms with Crippen LogP contribution in [0.5, 0.6) is 0 Å². The molecular weight excluding hydrogens is 360 g/mol. The lowest BCUT2D eigenvalue weighted by molar-refractivity contribution is -0.744. The number of ketones is 1. The number of nitrogens with zero attached hydrogens (tertiary/aromatic N) is 3. The van der Waals surface area contributed by atoms with Crippen LogP contribution in [-0.4, -0.2) is 34.6 Å². The van der Waals surface area contributed by atoms with Gasteiger partial charge in [-0.05, 0) is 12.5 Å².